The summed E-state index contributed by atoms with van der Waals surface area (Å²) in [5, 5.41) is 10.4. The predicted octanol–water partition coefficient (Wildman–Crippen LogP) is 1.40. The zero-order chi connectivity index (χ0) is 21.1. The Morgan fingerprint density at radius 3 is 3.03 bits per heavy atom. The fourth-order valence-corrected chi connectivity index (χ4v) is 3.97. The lowest BCUT2D eigenvalue weighted by atomic mass is 9.98. The largest absolute Gasteiger partial charge is 0.497 e. The Morgan fingerprint density at radius 1 is 1.37 bits per heavy atom. The molecule has 1 aliphatic heterocycles. The molecule has 0 unspecified atom stereocenters. The van der Waals surface area contributed by atoms with Crippen LogP contribution in [0, 0.1) is 0 Å². The van der Waals surface area contributed by atoms with E-state index in [0.29, 0.717) is 25.3 Å². The second-order valence-electron chi connectivity index (χ2n) is 7.56. The summed E-state index contributed by atoms with van der Waals surface area (Å²) in [5.74, 6) is 1.46. The highest BCUT2D eigenvalue weighted by Gasteiger charge is 2.33. The molecule has 3 aromatic rings. The lowest BCUT2D eigenvalue weighted by Gasteiger charge is -2.40. The van der Waals surface area contributed by atoms with Crippen LogP contribution in [0.5, 0.6) is 5.75 Å². The molecule has 1 saturated heterocycles. The minimum absolute atomic E-state index is 0.514. The average molecular weight is 410 g/mol. The summed E-state index contributed by atoms with van der Waals surface area (Å²) in [6.07, 6.45) is 4.98. The van der Waals surface area contributed by atoms with Crippen molar-refractivity contribution < 1.29 is 9.53 Å². The Morgan fingerprint density at radius 2 is 2.23 bits per heavy atom. The lowest BCUT2D eigenvalue weighted by Crippen LogP contribution is -2.65. The first-order valence-electron chi connectivity index (χ1n) is 9.77. The third-order valence-corrected chi connectivity index (χ3v) is 5.24. The number of ether oxygens (including phenoxy) is 1. The first kappa shape index (κ1) is 19.9. The van der Waals surface area contributed by atoms with Gasteiger partial charge in [-0.25, -0.2) is 14.3 Å². The molecule has 10 heteroatoms. The van der Waals surface area contributed by atoms with Crippen molar-refractivity contribution in [3.8, 4) is 5.75 Å². The van der Waals surface area contributed by atoms with Crippen molar-refractivity contribution in [1.82, 2.24) is 24.8 Å². The summed E-state index contributed by atoms with van der Waals surface area (Å²) < 4.78 is 7.10. The molecule has 30 heavy (non-hydrogen) atoms. The molecule has 1 atom stereocenters. The van der Waals surface area contributed by atoms with Crippen LogP contribution in [0.15, 0.2) is 42.9 Å². The molecule has 6 N–H and O–H groups in total. The first-order chi connectivity index (χ1) is 14.5. The van der Waals surface area contributed by atoms with E-state index in [1.807, 2.05) is 36.5 Å². The summed E-state index contributed by atoms with van der Waals surface area (Å²) in [7, 11) is 1.64. The van der Waals surface area contributed by atoms with Gasteiger partial charge in [0.15, 0.2) is 5.82 Å². The first-order valence-corrected chi connectivity index (χ1v) is 9.77. The van der Waals surface area contributed by atoms with Gasteiger partial charge < -0.3 is 26.8 Å². The van der Waals surface area contributed by atoms with Gasteiger partial charge in [0.2, 0.25) is 0 Å². The summed E-state index contributed by atoms with van der Waals surface area (Å²) in [6.45, 7) is 2.04. The van der Waals surface area contributed by atoms with Crippen LogP contribution in [-0.4, -0.2) is 51.4 Å². The quantitative estimate of drug-likeness (QED) is 0.451. The van der Waals surface area contributed by atoms with Gasteiger partial charge in [0, 0.05) is 31.0 Å². The Balaban J connectivity index is 1.58. The van der Waals surface area contributed by atoms with Crippen molar-refractivity contribution >= 4 is 23.1 Å². The molecule has 0 bridgehead atoms. The number of nitrogens with two attached hydrogens (primary N) is 2. The van der Waals surface area contributed by atoms with E-state index in [1.165, 1.54) is 6.33 Å². The zero-order valence-electron chi connectivity index (χ0n) is 16.8. The summed E-state index contributed by atoms with van der Waals surface area (Å²) in [5.41, 5.74) is 13.6. The second-order valence-corrected chi connectivity index (χ2v) is 7.56. The van der Waals surface area contributed by atoms with Gasteiger partial charge in [-0.15, -0.1) is 0 Å². The predicted molar refractivity (Wildman–Crippen MR) is 113 cm³/mol. The molecule has 0 spiro atoms. The number of benzene rings is 1. The molecule has 1 aliphatic rings. The molecular weight excluding hydrogens is 384 g/mol. The minimum atomic E-state index is -0.822. The van der Waals surface area contributed by atoms with Crippen molar-refractivity contribution in [3.05, 3.63) is 48.4 Å². The summed E-state index contributed by atoms with van der Waals surface area (Å²) >= 11 is 0. The second kappa shape index (κ2) is 8.17. The van der Waals surface area contributed by atoms with Gasteiger partial charge in [-0.2, -0.15) is 5.10 Å². The van der Waals surface area contributed by atoms with E-state index in [1.54, 1.807) is 11.6 Å². The number of amides is 2. The molecule has 1 aromatic carbocycles. The monoisotopic (exact) mass is 410 g/mol. The van der Waals surface area contributed by atoms with Gasteiger partial charge in [-0.1, -0.05) is 6.07 Å². The fourth-order valence-electron chi connectivity index (χ4n) is 3.97. The van der Waals surface area contributed by atoms with Crippen LogP contribution in [0.3, 0.4) is 0 Å². The van der Waals surface area contributed by atoms with E-state index in [0.717, 1.165) is 35.5 Å². The number of fused-ring (bicyclic) bond motifs is 1. The van der Waals surface area contributed by atoms with Gasteiger partial charge in [0.1, 0.15) is 23.3 Å². The highest BCUT2D eigenvalue weighted by Crippen LogP contribution is 2.27. The number of urea groups is 1. The lowest BCUT2D eigenvalue weighted by molar-refractivity contribution is 0.125. The fraction of sp³-hybridized carbons (Fsp3) is 0.350. The van der Waals surface area contributed by atoms with Crippen molar-refractivity contribution in [2.75, 3.05) is 25.5 Å². The van der Waals surface area contributed by atoms with Crippen LogP contribution in [0.1, 0.15) is 18.4 Å². The number of primary amides is 1. The molecular formula is C20H26N8O2. The van der Waals surface area contributed by atoms with Crippen molar-refractivity contribution in [3.63, 3.8) is 0 Å². The molecule has 4 rings (SSSR count). The maximum atomic E-state index is 11.3. The maximum absolute atomic E-state index is 11.3. The number of nitrogens with one attached hydrogen (secondary N) is 2. The third-order valence-electron chi connectivity index (χ3n) is 5.24. The number of rotatable bonds is 6. The minimum Gasteiger partial charge on any atom is -0.497 e. The number of nitrogens with zero attached hydrogens (tertiary/aromatic N) is 4. The Kier molecular flexibility index (Phi) is 5.42. The topological polar surface area (TPSA) is 136 Å². The SMILES string of the molecule is COc1cccc(Nc2ncnn3ccc(CN4CCC[C@@](N)(NC(N)=O)C4)c23)c1. The molecule has 10 nitrogen and oxygen atoms in total. The van der Waals surface area contributed by atoms with Gasteiger partial charge in [-0.3, -0.25) is 4.90 Å². The highest BCUT2D eigenvalue weighted by molar-refractivity contribution is 5.76. The zero-order valence-corrected chi connectivity index (χ0v) is 16.8. The number of piperidine rings is 1. The summed E-state index contributed by atoms with van der Waals surface area (Å²) in [6, 6.07) is 9.08. The number of carbonyl (C=O) groups excluding carboxylic acids is 1. The molecule has 158 valence electrons. The van der Waals surface area contributed by atoms with E-state index in [-0.39, 0.29) is 0 Å². The Hall–Kier alpha value is -3.37. The van der Waals surface area contributed by atoms with Gasteiger partial charge in [0.25, 0.3) is 0 Å². The van der Waals surface area contributed by atoms with Crippen LogP contribution in [0.2, 0.25) is 0 Å². The van der Waals surface area contributed by atoms with Crippen molar-refractivity contribution in [2.24, 2.45) is 11.5 Å². The Bertz CT molecular complexity index is 1050. The van der Waals surface area contributed by atoms with Gasteiger partial charge in [-0.05, 0) is 43.1 Å². The normalized spacial score (nSPS) is 19.5. The van der Waals surface area contributed by atoms with E-state index in [2.05, 4.69) is 25.6 Å². The van der Waals surface area contributed by atoms with Crippen LogP contribution < -0.4 is 26.8 Å². The molecule has 1 fully saturated rings. The molecule has 0 radical (unpaired) electrons. The van der Waals surface area contributed by atoms with Crippen LogP contribution >= 0.6 is 0 Å². The van der Waals surface area contributed by atoms with Gasteiger partial charge >= 0.3 is 6.03 Å². The van der Waals surface area contributed by atoms with Crippen LogP contribution in [0.25, 0.3) is 5.52 Å². The Labute approximate surface area is 174 Å². The molecule has 2 aromatic heterocycles. The van der Waals surface area contributed by atoms with E-state index >= 15 is 0 Å². The van der Waals surface area contributed by atoms with Gasteiger partial charge in [0.05, 0.1) is 7.11 Å². The van der Waals surface area contributed by atoms with Crippen LogP contribution in [0.4, 0.5) is 16.3 Å². The summed E-state index contributed by atoms with van der Waals surface area (Å²) in [4.78, 5) is 18.0. The average Bonchev–Trinajstić information content (AvgIpc) is 3.11. The molecule has 0 saturated carbocycles. The number of aromatic nitrogens is 3. The molecule has 0 aliphatic carbocycles. The molecule has 3 heterocycles. The van der Waals surface area contributed by atoms with E-state index < -0.39 is 11.7 Å². The number of hydrogen-bond donors (Lipinski definition) is 4. The van der Waals surface area contributed by atoms with E-state index in [9.17, 15) is 4.79 Å². The number of carbonyl (C=O) groups is 1. The third kappa shape index (κ3) is 4.29. The van der Waals surface area contributed by atoms with E-state index in [4.69, 9.17) is 16.2 Å². The van der Waals surface area contributed by atoms with Crippen molar-refractivity contribution in [1.29, 1.82) is 0 Å². The number of methoxy groups -OCH3 is 1. The standard InChI is InChI=1S/C20H26N8O2/c1-30-16-5-2-4-15(10-16)25-18-17-14(6-9-28(17)24-13-23-18)11-27-8-3-7-20(22,12-27)26-19(21)29/h2,4-6,9-10,13H,3,7-8,11-12,22H2,1H3,(H3,21,26,29)(H,23,24,25)/t20-/m1/s1. The molecule has 2 amide bonds. The highest BCUT2D eigenvalue weighted by atomic mass is 16.5. The smallest absolute Gasteiger partial charge is 0.313 e. The number of anilines is 2. The number of hydrogen-bond acceptors (Lipinski definition) is 7. The van der Waals surface area contributed by atoms with Crippen LogP contribution in [-0.2, 0) is 6.54 Å². The number of likely N-dealkylation sites (tertiary alicyclic amines) is 1. The van der Waals surface area contributed by atoms with Crippen molar-refractivity contribution in [2.45, 2.75) is 25.0 Å². The maximum Gasteiger partial charge on any atom is 0.313 e.